The second-order valence-corrected chi connectivity index (χ2v) is 6.54. The number of carbonyl (C=O) groups excluding carboxylic acids is 2. The van der Waals surface area contributed by atoms with Crippen molar-refractivity contribution in [3.05, 3.63) is 65.5 Å². The van der Waals surface area contributed by atoms with E-state index in [0.717, 1.165) is 24.4 Å². The summed E-state index contributed by atoms with van der Waals surface area (Å²) in [7, 11) is 0. The number of amides is 2. The lowest BCUT2D eigenvalue weighted by atomic mass is 9.77. The molecule has 0 bridgehead atoms. The van der Waals surface area contributed by atoms with Crippen molar-refractivity contribution in [3.8, 4) is 0 Å². The zero-order valence-corrected chi connectivity index (χ0v) is 14.8. The molecule has 12 heteroatoms. The van der Waals surface area contributed by atoms with Crippen LogP contribution in [0.15, 0.2) is 48.8 Å². The lowest BCUT2D eigenvalue weighted by Crippen LogP contribution is -2.72. The van der Waals surface area contributed by atoms with Crippen molar-refractivity contribution in [2.45, 2.75) is 24.1 Å². The van der Waals surface area contributed by atoms with E-state index in [1.807, 2.05) is 0 Å². The first-order valence-corrected chi connectivity index (χ1v) is 8.34. The number of benzene rings is 1. The monoisotopic (exact) mass is 433 g/mol. The summed E-state index contributed by atoms with van der Waals surface area (Å²) >= 11 is 0. The average Bonchev–Trinajstić information content (AvgIpc) is 2.66. The minimum absolute atomic E-state index is 0.234. The fourth-order valence-corrected chi connectivity index (χ4v) is 3.18. The Balaban J connectivity index is 2.13. The largest absolute Gasteiger partial charge is 0.437 e. The molecule has 3 N–H and O–H groups in total. The van der Waals surface area contributed by atoms with Gasteiger partial charge < -0.3 is 15.7 Å². The molecule has 0 saturated carbocycles. The van der Waals surface area contributed by atoms with E-state index in [1.54, 1.807) is 0 Å². The smallest absolute Gasteiger partial charge is 0.363 e. The highest BCUT2D eigenvalue weighted by Crippen LogP contribution is 2.44. The maximum Gasteiger partial charge on any atom is 0.437 e. The van der Waals surface area contributed by atoms with Gasteiger partial charge in [-0.2, -0.15) is 26.3 Å². The molecule has 2 heterocycles. The van der Waals surface area contributed by atoms with Crippen LogP contribution in [0.3, 0.4) is 0 Å². The van der Waals surface area contributed by atoms with Crippen molar-refractivity contribution in [2.75, 3.05) is 0 Å². The molecule has 2 aromatic rings. The SMILES string of the molecule is O=C1N[C@H](c2ccc(C(F)(F)F)cc2)[C@H](C(=O)c2cccnc2)[C@@](O)(C(F)(F)F)N1. The molecule has 6 nitrogen and oxygen atoms in total. The molecule has 1 aromatic carbocycles. The van der Waals surface area contributed by atoms with Crippen molar-refractivity contribution in [2.24, 2.45) is 5.92 Å². The number of halogens is 6. The van der Waals surface area contributed by atoms with E-state index in [4.69, 9.17) is 0 Å². The zero-order valence-electron chi connectivity index (χ0n) is 14.8. The summed E-state index contributed by atoms with van der Waals surface area (Å²) in [4.78, 5) is 28.4. The van der Waals surface area contributed by atoms with Crippen molar-refractivity contribution in [1.29, 1.82) is 0 Å². The first kappa shape index (κ1) is 21.6. The van der Waals surface area contributed by atoms with E-state index in [-0.39, 0.29) is 11.1 Å². The van der Waals surface area contributed by atoms with Gasteiger partial charge in [0.05, 0.1) is 11.6 Å². The van der Waals surface area contributed by atoms with Crippen LogP contribution in [0.25, 0.3) is 0 Å². The van der Waals surface area contributed by atoms with Gasteiger partial charge in [0.15, 0.2) is 5.78 Å². The molecule has 1 fully saturated rings. The number of urea groups is 1. The highest BCUT2D eigenvalue weighted by molar-refractivity contribution is 6.00. The second-order valence-electron chi connectivity index (χ2n) is 6.54. The molecule has 3 atom stereocenters. The zero-order chi connectivity index (χ0) is 22.3. The Kier molecular flexibility index (Phi) is 5.23. The Morgan fingerprint density at radius 2 is 1.70 bits per heavy atom. The Morgan fingerprint density at radius 1 is 1.07 bits per heavy atom. The van der Waals surface area contributed by atoms with Crippen LogP contribution in [0.1, 0.15) is 27.5 Å². The van der Waals surface area contributed by atoms with Crippen LogP contribution in [0.2, 0.25) is 0 Å². The van der Waals surface area contributed by atoms with Crippen LogP contribution < -0.4 is 10.6 Å². The lowest BCUT2D eigenvalue weighted by molar-refractivity contribution is -0.287. The van der Waals surface area contributed by atoms with Crippen LogP contribution >= 0.6 is 0 Å². The molecule has 3 rings (SSSR count). The van der Waals surface area contributed by atoms with Gasteiger partial charge in [0.25, 0.3) is 0 Å². The number of ketones is 1. The van der Waals surface area contributed by atoms with Gasteiger partial charge in [-0.05, 0) is 29.8 Å². The third-order valence-electron chi connectivity index (χ3n) is 4.63. The van der Waals surface area contributed by atoms with E-state index < -0.39 is 47.4 Å². The number of rotatable bonds is 3. The lowest BCUT2D eigenvalue weighted by Gasteiger charge is -2.45. The van der Waals surface area contributed by atoms with E-state index in [9.17, 15) is 41.0 Å². The Hall–Kier alpha value is -3.15. The topological polar surface area (TPSA) is 91.3 Å². The summed E-state index contributed by atoms with van der Waals surface area (Å²) in [6.07, 6.45) is -7.94. The molecule has 30 heavy (non-hydrogen) atoms. The van der Waals surface area contributed by atoms with Crippen molar-refractivity contribution in [3.63, 3.8) is 0 Å². The third-order valence-corrected chi connectivity index (χ3v) is 4.63. The van der Waals surface area contributed by atoms with Crippen LogP contribution in [-0.2, 0) is 6.18 Å². The minimum atomic E-state index is -5.47. The third kappa shape index (κ3) is 3.82. The number of alkyl halides is 6. The number of hydrogen-bond donors (Lipinski definition) is 3. The van der Waals surface area contributed by atoms with Gasteiger partial charge in [-0.15, -0.1) is 0 Å². The fraction of sp³-hybridized carbons (Fsp3) is 0.278. The van der Waals surface area contributed by atoms with Crippen molar-refractivity contribution in [1.82, 2.24) is 15.6 Å². The quantitative estimate of drug-likeness (QED) is 0.512. The Labute approximate surface area is 164 Å². The Morgan fingerprint density at radius 3 is 2.20 bits per heavy atom. The van der Waals surface area contributed by atoms with E-state index in [1.165, 1.54) is 17.6 Å². The molecule has 1 aromatic heterocycles. The molecule has 160 valence electrons. The molecule has 0 unspecified atom stereocenters. The Bertz CT molecular complexity index is 946. The number of hydrogen-bond acceptors (Lipinski definition) is 4. The van der Waals surface area contributed by atoms with Gasteiger partial charge in [0, 0.05) is 18.0 Å². The standard InChI is InChI=1S/C18H13F6N3O3/c19-17(20,21)11-5-3-9(4-6-11)13-12(14(28)10-2-1-7-25-8-10)16(30,18(22,23)24)27-15(29)26-13/h1-8,12-13,30H,(H2,26,27,29)/t12-,13-,16-/m1/s1. The van der Waals surface area contributed by atoms with Crippen LogP contribution in [0, 0.1) is 5.92 Å². The van der Waals surface area contributed by atoms with Gasteiger partial charge in [-0.25, -0.2) is 4.79 Å². The summed E-state index contributed by atoms with van der Waals surface area (Å²) in [6, 6.07) is 2.08. The summed E-state index contributed by atoms with van der Waals surface area (Å²) in [6.45, 7) is 0. The van der Waals surface area contributed by atoms with Crippen LogP contribution in [-0.4, -0.2) is 33.8 Å². The number of Topliss-reactive ketones (excluding diaryl/α,β-unsaturated/α-hetero) is 1. The molecule has 0 aliphatic carbocycles. The number of aliphatic hydroxyl groups is 1. The first-order valence-electron chi connectivity index (χ1n) is 8.34. The molecule has 0 radical (unpaired) electrons. The van der Waals surface area contributed by atoms with Crippen LogP contribution in [0.5, 0.6) is 0 Å². The summed E-state index contributed by atoms with van der Waals surface area (Å²) < 4.78 is 79.6. The molecule has 0 spiro atoms. The highest BCUT2D eigenvalue weighted by atomic mass is 19.4. The van der Waals surface area contributed by atoms with Gasteiger partial charge in [0.1, 0.15) is 5.92 Å². The van der Waals surface area contributed by atoms with E-state index in [0.29, 0.717) is 12.1 Å². The number of aromatic nitrogens is 1. The first-order chi connectivity index (χ1) is 13.8. The van der Waals surface area contributed by atoms with Crippen molar-refractivity contribution >= 4 is 11.8 Å². The van der Waals surface area contributed by atoms with E-state index >= 15 is 0 Å². The average molecular weight is 433 g/mol. The number of nitrogens with zero attached hydrogens (tertiary/aromatic N) is 1. The molecule has 1 aliphatic heterocycles. The van der Waals surface area contributed by atoms with Gasteiger partial charge in [-0.3, -0.25) is 9.78 Å². The molecule has 2 amide bonds. The highest BCUT2D eigenvalue weighted by Gasteiger charge is 2.66. The normalized spacial score (nSPS) is 24.7. The maximum atomic E-state index is 13.7. The summed E-state index contributed by atoms with van der Waals surface area (Å²) in [5.41, 5.74) is -5.58. The number of nitrogens with one attached hydrogen (secondary N) is 2. The molecular weight excluding hydrogens is 420 g/mol. The number of carbonyl (C=O) groups is 2. The second kappa shape index (κ2) is 7.27. The van der Waals surface area contributed by atoms with Crippen LogP contribution in [0.4, 0.5) is 31.1 Å². The van der Waals surface area contributed by atoms with Crippen molar-refractivity contribution < 1.29 is 41.0 Å². The minimum Gasteiger partial charge on any atom is -0.363 e. The predicted molar refractivity (Wildman–Crippen MR) is 88.9 cm³/mol. The van der Waals surface area contributed by atoms with E-state index in [2.05, 4.69) is 10.3 Å². The summed E-state index contributed by atoms with van der Waals surface area (Å²) in [5.74, 6) is -3.57. The number of pyridine rings is 1. The van der Waals surface area contributed by atoms with Gasteiger partial charge in [0.2, 0.25) is 5.72 Å². The molecule has 1 saturated heterocycles. The predicted octanol–water partition coefficient (Wildman–Crippen LogP) is 3.20. The molecule has 1 aliphatic rings. The molecular formula is C18H13F6N3O3. The van der Waals surface area contributed by atoms with Gasteiger partial charge in [-0.1, -0.05) is 12.1 Å². The maximum absolute atomic E-state index is 13.7. The fourth-order valence-electron chi connectivity index (χ4n) is 3.18. The summed E-state index contributed by atoms with van der Waals surface area (Å²) in [5, 5.41) is 13.8. The van der Waals surface area contributed by atoms with Gasteiger partial charge >= 0.3 is 18.4 Å².